The third kappa shape index (κ3) is 5.55. The maximum Gasteiger partial charge on any atom is 0.283 e. The predicted molar refractivity (Wildman–Crippen MR) is 135 cm³/mol. The Labute approximate surface area is 210 Å². The van der Waals surface area contributed by atoms with Gasteiger partial charge in [-0.05, 0) is 43.5 Å². The van der Waals surface area contributed by atoms with Gasteiger partial charge in [0.25, 0.3) is 5.91 Å². The van der Waals surface area contributed by atoms with E-state index in [1.54, 1.807) is 25.3 Å². The Morgan fingerprint density at radius 1 is 1.31 bits per heavy atom. The zero-order valence-electron chi connectivity index (χ0n) is 20.6. The van der Waals surface area contributed by atoms with E-state index in [0.717, 1.165) is 29.7 Å². The number of hydrogen-bond acceptors (Lipinski definition) is 6. The van der Waals surface area contributed by atoms with Crippen molar-refractivity contribution >= 4 is 23.3 Å². The van der Waals surface area contributed by atoms with Gasteiger partial charge in [0.05, 0.1) is 24.3 Å². The molecule has 0 unspecified atom stereocenters. The van der Waals surface area contributed by atoms with Gasteiger partial charge >= 0.3 is 0 Å². The molecule has 1 aromatic heterocycles. The molecule has 2 fully saturated rings. The van der Waals surface area contributed by atoms with E-state index in [1.165, 1.54) is 0 Å². The summed E-state index contributed by atoms with van der Waals surface area (Å²) < 4.78 is 18.2. The molecule has 1 saturated carbocycles. The number of nitrogens with one attached hydrogen (secondary N) is 1. The Morgan fingerprint density at radius 2 is 2.08 bits per heavy atom. The molecule has 1 saturated heterocycles. The molecule has 9 heteroatoms. The second-order valence-corrected chi connectivity index (χ2v) is 9.24. The first-order valence-electron chi connectivity index (χ1n) is 12.1. The highest BCUT2D eigenvalue weighted by Crippen LogP contribution is 2.45. The summed E-state index contributed by atoms with van der Waals surface area (Å²) in [6, 6.07) is 11.2. The number of amides is 2. The summed E-state index contributed by atoms with van der Waals surface area (Å²) in [5.41, 5.74) is 3.41. The highest BCUT2D eigenvalue weighted by molar-refractivity contribution is 6.02. The lowest BCUT2D eigenvalue weighted by Gasteiger charge is -2.41. The fraction of sp³-hybridized carbons (Fsp3) is 0.407. The Kier molecular flexibility index (Phi) is 7.65. The Balaban J connectivity index is 1.63. The van der Waals surface area contributed by atoms with Crippen LogP contribution in [-0.2, 0) is 14.3 Å². The number of halogens is 1. The van der Waals surface area contributed by atoms with E-state index in [2.05, 4.69) is 22.9 Å². The standard InChI is InChI=1S/C27H30FN5O3/c1-17-16-32(10-11-33(17)24(34)9-12-36-3)26-21(15-29)14-23(25(31-26)19-7-8-19)20-5-4-6-22(13-20)30-27(35)18(2)28/h4-6,13-14,17,19H,2,7-12,16H2,1,3H3,(H,30,35)/t17-/m1/s1. The van der Waals surface area contributed by atoms with E-state index in [0.29, 0.717) is 55.6 Å². The van der Waals surface area contributed by atoms with Gasteiger partial charge in [0.15, 0.2) is 5.83 Å². The summed E-state index contributed by atoms with van der Waals surface area (Å²) in [6.45, 7) is 7.15. The van der Waals surface area contributed by atoms with Gasteiger partial charge in [-0.3, -0.25) is 9.59 Å². The van der Waals surface area contributed by atoms with Crippen LogP contribution in [0.3, 0.4) is 0 Å². The van der Waals surface area contributed by atoms with Gasteiger partial charge in [0, 0.05) is 50.0 Å². The average Bonchev–Trinajstić information content (AvgIpc) is 3.72. The zero-order chi connectivity index (χ0) is 25.8. The second-order valence-electron chi connectivity index (χ2n) is 9.24. The third-order valence-corrected chi connectivity index (χ3v) is 6.56. The molecule has 4 rings (SSSR count). The van der Waals surface area contributed by atoms with Gasteiger partial charge in [0.2, 0.25) is 5.91 Å². The molecule has 1 aliphatic carbocycles. The van der Waals surface area contributed by atoms with Crippen LogP contribution in [0, 0.1) is 11.3 Å². The second kappa shape index (κ2) is 10.9. The van der Waals surface area contributed by atoms with Gasteiger partial charge < -0.3 is 19.9 Å². The molecule has 2 amide bonds. The Bertz CT molecular complexity index is 1220. The lowest BCUT2D eigenvalue weighted by molar-refractivity contribution is -0.134. The first kappa shape index (κ1) is 25.3. The van der Waals surface area contributed by atoms with Crippen LogP contribution >= 0.6 is 0 Å². The minimum Gasteiger partial charge on any atom is -0.384 e. The van der Waals surface area contributed by atoms with Crippen LogP contribution in [0.25, 0.3) is 11.1 Å². The molecule has 2 heterocycles. The van der Waals surface area contributed by atoms with Gasteiger partial charge in [-0.1, -0.05) is 18.7 Å². The zero-order valence-corrected chi connectivity index (χ0v) is 20.6. The summed E-state index contributed by atoms with van der Waals surface area (Å²) in [6.07, 6.45) is 2.38. The van der Waals surface area contributed by atoms with Crippen molar-refractivity contribution < 1.29 is 18.7 Å². The molecule has 1 aromatic carbocycles. The molecular formula is C27H30FN5O3. The molecule has 1 N–H and O–H groups in total. The van der Waals surface area contributed by atoms with Crippen LogP contribution in [0.5, 0.6) is 0 Å². The summed E-state index contributed by atoms with van der Waals surface area (Å²) >= 11 is 0. The molecule has 0 spiro atoms. The number of hydrogen-bond donors (Lipinski definition) is 1. The minimum atomic E-state index is -1.06. The van der Waals surface area contributed by atoms with Crippen LogP contribution < -0.4 is 10.2 Å². The Morgan fingerprint density at radius 3 is 2.72 bits per heavy atom. The number of nitriles is 1. The maximum atomic E-state index is 13.2. The number of aromatic nitrogens is 1. The fourth-order valence-electron chi connectivity index (χ4n) is 4.56. The van der Waals surface area contributed by atoms with E-state index in [9.17, 15) is 19.2 Å². The average molecular weight is 492 g/mol. The van der Waals surface area contributed by atoms with Crippen LogP contribution in [-0.4, -0.2) is 61.1 Å². The van der Waals surface area contributed by atoms with Crippen molar-refractivity contribution in [3.8, 4) is 17.2 Å². The van der Waals surface area contributed by atoms with Crippen molar-refractivity contribution in [2.75, 3.05) is 43.6 Å². The van der Waals surface area contributed by atoms with Gasteiger partial charge in [0.1, 0.15) is 11.9 Å². The largest absolute Gasteiger partial charge is 0.384 e. The van der Waals surface area contributed by atoms with Crippen molar-refractivity contribution in [1.82, 2.24) is 9.88 Å². The number of carbonyl (C=O) groups is 2. The van der Waals surface area contributed by atoms with Crippen molar-refractivity contribution in [2.45, 2.75) is 38.1 Å². The molecule has 0 radical (unpaired) electrons. The van der Waals surface area contributed by atoms with Crippen molar-refractivity contribution in [3.63, 3.8) is 0 Å². The van der Waals surface area contributed by atoms with Crippen molar-refractivity contribution in [1.29, 1.82) is 5.26 Å². The quantitative estimate of drug-likeness (QED) is 0.561. The number of pyridine rings is 1. The monoisotopic (exact) mass is 491 g/mol. The summed E-state index contributed by atoms with van der Waals surface area (Å²) in [4.78, 5) is 33.2. The molecule has 188 valence electrons. The highest BCUT2D eigenvalue weighted by Gasteiger charge is 2.33. The molecule has 36 heavy (non-hydrogen) atoms. The molecule has 1 aliphatic heterocycles. The molecule has 2 aliphatic rings. The number of piperazine rings is 1. The summed E-state index contributed by atoms with van der Waals surface area (Å²) in [7, 11) is 1.58. The summed E-state index contributed by atoms with van der Waals surface area (Å²) in [5.74, 6) is -0.960. The fourth-order valence-corrected chi connectivity index (χ4v) is 4.56. The van der Waals surface area contributed by atoms with Crippen molar-refractivity contribution in [2.24, 2.45) is 0 Å². The normalized spacial score (nSPS) is 17.4. The SMILES string of the molecule is C=C(F)C(=O)Nc1cccc(-c2cc(C#N)c(N3CCN(C(=O)CCOC)[C@H](C)C3)nc2C2CC2)c1. The first-order chi connectivity index (χ1) is 17.3. The van der Waals surface area contributed by atoms with Crippen LogP contribution in [0.1, 0.15) is 43.4 Å². The van der Waals surface area contributed by atoms with Crippen LogP contribution in [0.4, 0.5) is 15.9 Å². The molecule has 1 atom stereocenters. The predicted octanol–water partition coefficient (Wildman–Crippen LogP) is 3.99. The van der Waals surface area contributed by atoms with E-state index in [1.807, 2.05) is 24.0 Å². The van der Waals surface area contributed by atoms with Gasteiger partial charge in [-0.2, -0.15) is 5.26 Å². The first-order valence-corrected chi connectivity index (χ1v) is 12.1. The lowest BCUT2D eigenvalue weighted by atomic mass is 9.98. The maximum absolute atomic E-state index is 13.2. The van der Waals surface area contributed by atoms with E-state index >= 15 is 0 Å². The van der Waals surface area contributed by atoms with Gasteiger partial charge in [-0.25, -0.2) is 9.37 Å². The molecule has 0 bridgehead atoms. The highest BCUT2D eigenvalue weighted by atomic mass is 19.1. The number of methoxy groups -OCH3 is 1. The number of carbonyl (C=O) groups excluding carboxylic acids is 2. The van der Waals surface area contributed by atoms with Crippen molar-refractivity contribution in [3.05, 3.63) is 54.0 Å². The third-order valence-electron chi connectivity index (χ3n) is 6.56. The van der Waals surface area contributed by atoms with Gasteiger partial charge in [-0.15, -0.1) is 0 Å². The topological polar surface area (TPSA) is 98.6 Å². The van der Waals surface area contributed by atoms with Crippen LogP contribution in [0.2, 0.25) is 0 Å². The number of anilines is 2. The lowest BCUT2D eigenvalue weighted by Crippen LogP contribution is -2.54. The number of ether oxygens (including phenoxy) is 1. The number of benzene rings is 1. The molecule has 2 aromatic rings. The minimum absolute atomic E-state index is 0.0222. The molecular weight excluding hydrogens is 461 g/mol. The number of nitrogens with zero attached hydrogens (tertiary/aromatic N) is 4. The molecule has 8 nitrogen and oxygen atoms in total. The Hall–Kier alpha value is -3.77. The van der Waals surface area contributed by atoms with E-state index < -0.39 is 11.7 Å². The smallest absolute Gasteiger partial charge is 0.283 e. The van der Waals surface area contributed by atoms with E-state index in [4.69, 9.17) is 9.72 Å². The number of rotatable bonds is 8. The van der Waals surface area contributed by atoms with Crippen LogP contribution in [0.15, 0.2) is 42.7 Å². The van der Waals surface area contributed by atoms with E-state index in [-0.39, 0.29) is 11.9 Å². The summed E-state index contributed by atoms with van der Waals surface area (Å²) in [5, 5.41) is 12.5.